The second-order valence-corrected chi connectivity index (χ2v) is 7.71. The van der Waals surface area contributed by atoms with Gasteiger partial charge in [-0.2, -0.15) is 0 Å². The van der Waals surface area contributed by atoms with E-state index in [1.54, 1.807) is 0 Å². The van der Waals surface area contributed by atoms with Crippen LogP contribution in [0.15, 0.2) is 23.1 Å². The Labute approximate surface area is 140 Å². The molecular formula is C17H26N2O5. The van der Waals surface area contributed by atoms with E-state index >= 15 is 0 Å². The fourth-order valence-corrected chi connectivity index (χ4v) is 3.53. The van der Waals surface area contributed by atoms with Crippen LogP contribution in [0.5, 0.6) is 0 Å². The number of nitrogens with zero attached hydrogens (tertiary/aromatic N) is 1. The van der Waals surface area contributed by atoms with Crippen LogP contribution in [-0.2, 0) is 0 Å². The van der Waals surface area contributed by atoms with Crippen molar-refractivity contribution in [2.45, 2.75) is 45.8 Å². The quantitative estimate of drug-likeness (QED) is 0.668. The first kappa shape index (κ1) is 18.5. The first-order valence-electron chi connectivity index (χ1n) is 8.08. The predicted octanol–water partition coefficient (Wildman–Crippen LogP) is 1.58. The largest absolute Gasteiger partial charge is 0.465 e. The summed E-state index contributed by atoms with van der Waals surface area (Å²) >= 11 is 0. The summed E-state index contributed by atoms with van der Waals surface area (Å²) in [4.78, 5) is 27.3. The predicted molar refractivity (Wildman–Crippen MR) is 88.7 cm³/mol. The third-order valence-electron chi connectivity index (χ3n) is 5.06. The molecule has 1 aromatic rings. The van der Waals surface area contributed by atoms with Crippen LogP contribution in [0.3, 0.4) is 0 Å². The maximum Gasteiger partial charge on any atom is 0.407 e. The summed E-state index contributed by atoms with van der Waals surface area (Å²) in [5, 5.41) is 30.3. The molecule has 1 aliphatic rings. The Bertz CT molecular complexity index is 651. The Balaban J connectivity index is 2.39. The topological polar surface area (TPSA) is 114 Å². The molecule has 0 aliphatic carbocycles. The Morgan fingerprint density at radius 1 is 1.50 bits per heavy atom. The number of hydrogen-bond acceptors (Lipinski definition) is 4. The number of piperidine rings is 1. The second kappa shape index (κ2) is 6.57. The molecule has 1 fully saturated rings. The molecule has 1 amide bonds. The lowest BCUT2D eigenvalue weighted by Crippen LogP contribution is -2.56. The third-order valence-corrected chi connectivity index (χ3v) is 5.06. The molecule has 0 radical (unpaired) electrons. The van der Waals surface area contributed by atoms with Gasteiger partial charge in [0.1, 0.15) is 6.10 Å². The lowest BCUT2D eigenvalue weighted by atomic mass is 9.66. The van der Waals surface area contributed by atoms with Crippen molar-refractivity contribution in [3.05, 3.63) is 34.2 Å². The fourth-order valence-electron chi connectivity index (χ4n) is 3.53. The minimum atomic E-state index is -1.07. The van der Waals surface area contributed by atoms with Crippen LogP contribution < -0.4 is 5.43 Å². The van der Waals surface area contributed by atoms with Gasteiger partial charge in [-0.3, -0.25) is 4.79 Å². The number of aromatic amines is 1. The highest BCUT2D eigenvalue weighted by molar-refractivity contribution is 5.65. The summed E-state index contributed by atoms with van der Waals surface area (Å²) in [5.41, 5.74) is -1.13. The molecule has 3 atom stereocenters. The van der Waals surface area contributed by atoms with Crippen molar-refractivity contribution in [2.75, 3.05) is 13.2 Å². The van der Waals surface area contributed by atoms with Crippen LogP contribution in [0, 0.1) is 10.8 Å². The van der Waals surface area contributed by atoms with E-state index in [-0.39, 0.29) is 30.0 Å². The van der Waals surface area contributed by atoms with Crippen LogP contribution in [0.4, 0.5) is 4.79 Å². The number of aliphatic hydroxyl groups is 2. The highest BCUT2D eigenvalue weighted by Gasteiger charge is 2.49. The molecule has 0 bridgehead atoms. The van der Waals surface area contributed by atoms with Crippen molar-refractivity contribution in [1.82, 2.24) is 9.88 Å². The monoisotopic (exact) mass is 338 g/mol. The zero-order chi connectivity index (χ0) is 18.1. The minimum absolute atomic E-state index is 0.228. The van der Waals surface area contributed by atoms with Gasteiger partial charge in [0.05, 0.1) is 6.61 Å². The number of hydrogen-bond donors (Lipinski definition) is 4. The Hall–Kier alpha value is -1.86. The Kier molecular flexibility index (Phi) is 5.05. The molecule has 1 aromatic heterocycles. The number of amides is 1. The number of aliphatic hydroxyl groups excluding tert-OH is 2. The molecular weight excluding hydrogens is 312 g/mol. The summed E-state index contributed by atoms with van der Waals surface area (Å²) in [5.74, 6) is 0. The lowest BCUT2D eigenvalue weighted by Gasteiger charge is -2.51. The van der Waals surface area contributed by atoms with E-state index in [4.69, 9.17) is 0 Å². The first-order valence-corrected chi connectivity index (χ1v) is 8.08. The lowest BCUT2D eigenvalue weighted by molar-refractivity contribution is -0.0913. The molecule has 2 heterocycles. The highest BCUT2D eigenvalue weighted by Crippen LogP contribution is 2.47. The number of rotatable bonds is 3. The van der Waals surface area contributed by atoms with E-state index in [0.29, 0.717) is 18.5 Å². The Morgan fingerprint density at radius 3 is 2.67 bits per heavy atom. The van der Waals surface area contributed by atoms with Crippen LogP contribution >= 0.6 is 0 Å². The molecule has 24 heavy (non-hydrogen) atoms. The molecule has 4 N–H and O–H groups in total. The first-order chi connectivity index (χ1) is 11.1. The van der Waals surface area contributed by atoms with Gasteiger partial charge in [-0.1, -0.05) is 20.8 Å². The molecule has 134 valence electrons. The zero-order valence-electron chi connectivity index (χ0n) is 14.3. The van der Waals surface area contributed by atoms with Gasteiger partial charge in [-0.15, -0.1) is 0 Å². The number of H-pyrrole nitrogens is 1. The second-order valence-electron chi connectivity index (χ2n) is 7.71. The highest BCUT2D eigenvalue weighted by atomic mass is 16.4. The standard InChI is InChI=1S/C17H26N2O5/c1-16(2,3)13-9-17(10-20,5-7-19(13)15(23)24)14(22)12-8-11(21)4-6-18-12/h4,6,8,13-14,20,22H,5,7,9-10H2,1-3H3,(H,18,21)(H,23,24). The third kappa shape index (κ3) is 3.47. The summed E-state index contributed by atoms with van der Waals surface area (Å²) in [6.45, 7) is 5.77. The number of pyridine rings is 1. The summed E-state index contributed by atoms with van der Waals surface area (Å²) < 4.78 is 0. The molecule has 0 spiro atoms. The minimum Gasteiger partial charge on any atom is -0.465 e. The normalized spacial score (nSPS) is 26.2. The van der Waals surface area contributed by atoms with Gasteiger partial charge in [-0.05, 0) is 18.3 Å². The SMILES string of the molecule is CC(C)(C)C1CC(CO)(C(O)c2cc(=O)cc[nH]2)CCN1C(=O)O. The maximum absolute atomic E-state index is 11.6. The van der Waals surface area contributed by atoms with Crippen molar-refractivity contribution in [3.8, 4) is 0 Å². The molecule has 0 aromatic carbocycles. The van der Waals surface area contributed by atoms with E-state index in [1.165, 1.54) is 23.2 Å². The number of carboxylic acid groups (broad SMARTS) is 1. The van der Waals surface area contributed by atoms with Crippen molar-refractivity contribution in [1.29, 1.82) is 0 Å². The van der Waals surface area contributed by atoms with E-state index in [2.05, 4.69) is 4.98 Å². The molecule has 7 nitrogen and oxygen atoms in total. The van der Waals surface area contributed by atoms with Crippen LogP contribution in [0.25, 0.3) is 0 Å². The van der Waals surface area contributed by atoms with E-state index in [0.717, 1.165) is 0 Å². The van der Waals surface area contributed by atoms with Crippen molar-refractivity contribution >= 4 is 6.09 Å². The average molecular weight is 338 g/mol. The number of likely N-dealkylation sites (tertiary alicyclic amines) is 1. The van der Waals surface area contributed by atoms with Crippen LogP contribution in [0.2, 0.25) is 0 Å². The fraction of sp³-hybridized carbons (Fsp3) is 0.647. The smallest absolute Gasteiger partial charge is 0.407 e. The van der Waals surface area contributed by atoms with Crippen molar-refractivity contribution in [3.63, 3.8) is 0 Å². The van der Waals surface area contributed by atoms with Gasteiger partial charge in [0.2, 0.25) is 0 Å². The van der Waals surface area contributed by atoms with Gasteiger partial charge in [0.25, 0.3) is 0 Å². The van der Waals surface area contributed by atoms with E-state index in [9.17, 15) is 24.9 Å². The van der Waals surface area contributed by atoms with Crippen molar-refractivity contribution in [2.24, 2.45) is 10.8 Å². The van der Waals surface area contributed by atoms with Gasteiger partial charge in [0, 0.05) is 42.0 Å². The number of aromatic nitrogens is 1. The molecule has 0 saturated carbocycles. The van der Waals surface area contributed by atoms with Gasteiger partial charge in [0.15, 0.2) is 5.43 Å². The van der Waals surface area contributed by atoms with Gasteiger partial charge in [-0.25, -0.2) is 4.79 Å². The molecule has 3 unspecified atom stereocenters. The summed E-state index contributed by atoms with van der Waals surface area (Å²) in [6, 6.07) is 2.32. The maximum atomic E-state index is 11.6. The molecule has 2 rings (SSSR count). The molecule has 1 aliphatic heterocycles. The molecule has 7 heteroatoms. The number of carbonyl (C=O) groups is 1. The van der Waals surface area contributed by atoms with Crippen LogP contribution in [-0.4, -0.2) is 50.5 Å². The van der Waals surface area contributed by atoms with Crippen molar-refractivity contribution < 1.29 is 20.1 Å². The van der Waals surface area contributed by atoms with E-state index in [1.807, 2.05) is 20.8 Å². The zero-order valence-corrected chi connectivity index (χ0v) is 14.3. The van der Waals surface area contributed by atoms with Gasteiger partial charge < -0.3 is 25.2 Å². The van der Waals surface area contributed by atoms with E-state index < -0.39 is 17.6 Å². The number of nitrogens with one attached hydrogen (secondary N) is 1. The molecule has 1 saturated heterocycles. The Morgan fingerprint density at radius 2 is 2.17 bits per heavy atom. The summed E-state index contributed by atoms with van der Waals surface area (Å²) in [7, 11) is 0. The van der Waals surface area contributed by atoms with Gasteiger partial charge >= 0.3 is 6.09 Å². The average Bonchev–Trinajstić information content (AvgIpc) is 2.52. The van der Waals surface area contributed by atoms with Crippen LogP contribution in [0.1, 0.15) is 45.4 Å². The summed E-state index contributed by atoms with van der Waals surface area (Å²) in [6.07, 6.45) is 0.0264.